The number of rotatable bonds is 13. The van der Waals surface area contributed by atoms with Crippen LogP contribution < -0.4 is 0 Å². The molecule has 1 atom stereocenters. The molecule has 3 rings (SSSR count). The van der Waals surface area contributed by atoms with Gasteiger partial charge in [0.25, 0.3) is 0 Å². The maximum Gasteiger partial charge on any atom is 0.416 e. The van der Waals surface area contributed by atoms with Crippen molar-refractivity contribution in [3.8, 4) is 11.1 Å². The van der Waals surface area contributed by atoms with Crippen molar-refractivity contribution in [2.24, 2.45) is 5.92 Å². The van der Waals surface area contributed by atoms with Crippen molar-refractivity contribution in [1.29, 1.82) is 0 Å². The summed E-state index contributed by atoms with van der Waals surface area (Å²) in [5, 5.41) is 0. The van der Waals surface area contributed by atoms with Crippen LogP contribution in [-0.2, 0) is 28.8 Å². The van der Waals surface area contributed by atoms with Crippen molar-refractivity contribution in [2.75, 3.05) is 13.2 Å². The molecule has 0 amide bonds. The molecule has 41 heavy (non-hydrogen) atoms. The Bertz CT molecular complexity index is 1270. The number of hydrogen-bond acceptors (Lipinski definition) is 3. The van der Waals surface area contributed by atoms with Crippen molar-refractivity contribution in [1.82, 2.24) is 4.90 Å². The summed E-state index contributed by atoms with van der Waals surface area (Å²) in [6, 6.07) is 14.1. The molecule has 3 nitrogen and oxygen atoms in total. The summed E-state index contributed by atoms with van der Waals surface area (Å²) in [4.78, 5) is 15.0. The van der Waals surface area contributed by atoms with Gasteiger partial charge in [0.2, 0.25) is 0 Å². The molecule has 0 N–H and O–H groups in total. The summed E-state index contributed by atoms with van der Waals surface area (Å²) in [5.41, 5.74) is 2.58. The van der Waals surface area contributed by atoms with Crippen LogP contribution in [-0.4, -0.2) is 24.0 Å². The topological polar surface area (TPSA) is 29.5 Å². The second-order valence-corrected chi connectivity index (χ2v) is 10.8. The molecule has 1 unspecified atom stereocenters. The normalized spacial score (nSPS) is 12.7. The van der Waals surface area contributed by atoms with Crippen molar-refractivity contribution in [3.63, 3.8) is 0 Å². The lowest BCUT2D eigenvalue weighted by Gasteiger charge is -2.25. The Morgan fingerprint density at radius 2 is 1.44 bits per heavy atom. The standard InChI is InChI=1S/C33H38F5NO2/c1-5-7-31(32(40)41-6-2)27-15-23(14-26(18-27)25-8-10-28(11-9-25)33(36,37)38)20-39(13-12-22(3)4)21-24-16-29(34)19-30(35)17-24/h8-11,14-19,22,31H,5-7,12-13,20-21H2,1-4H3. The van der Waals surface area contributed by atoms with Gasteiger partial charge in [-0.15, -0.1) is 0 Å². The van der Waals surface area contributed by atoms with E-state index in [9.17, 15) is 26.7 Å². The fraction of sp³-hybridized carbons (Fsp3) is 0.424. The molecule has 0 spiro atoms. The van der Waals surface area contributed by atoms with E-state index in [-0.39, 0.29) is 12.6 Å². The third-order valence-corrected chi connectivity index (χ3v) is 6.87. The van der Waals surface area contributed by atoms with Gasteiger partial charge in [0, 0.05) is 19.2 Å². The minimum atomic E-state index is -4.45. The Hall–Kier alpha value is -3.26. The average Bonchev–Trinajstić information content (AvgIpc) is 2.89. The SMILES string of the molecule is CCCC(C(=O)OCC)c1cc(CN(CCC(C)C)Cc2cc(F)cc(F)c2)cc(-c2ccc(C(F)(F)F)cc2)c1. The van der Waals surface area contributed by atoms with Crippen LogP contribution in [0.5, 0.6) is 0 Å². The number of benzene rings is 3. The smallest absolute Gasteiger partial charge is 0.416 e. The first-order valence-electron chi connectivity index (χ1n) is 14.0. The lowest BCUT2D eigenvalue weighted by Crippen LogP contribution is -2.25. The van der Waals surface area contributed by atoms with Gasteiger partial charge in [-0.05, 0) is 90.4 Å². The highest BCUT2D eigenvalue weighted by atomic mass is 19.4. The fourth-order valence-electron chi connectivity index (χ4n) is 4.85. The summed E-state index contributed by atoms with van der Waals surface area (Å²) >= 11 is 0. The van der Waals surface area contributed by atoms with Crippen LogP contribution >= 0.6 is 0 Å². The number of carbonyl (C=O) groups excluding carboxylic acids is 1. The minimum Gasteiger partial charge on any atom is -0.466 e. The van der Waals surface area contributed by atoms with Gasteiger partial charge < -0.3 is 4.74 Å². The molecular formula is C33H38F5NO2. The van der Waals surface area contributed by atoms with Crippen LogP contribution in [0.25, 0.3) is 11.1 Å². The fourth-order valence-corrected chi connectivity index (χ4v) is 4.85. The first-order valence-corrected chi connectivity index (χ1v) is 14.0. The first kappa shape index (κ1) is 32.3. The van der Waals surface area contributed by atoms with Crippen LogP contribution in [0, 0.1) is 17.6 Å². The Morgan fingerprint density at radius 1 is 0.829 bits per heavy atom. The summed E-state index contributed by atoms with van der Waals surface area (Å²) in [6.45, 7) is 9.51. The number of alkyl halides is 3. The molecule has 3 aromatic rings. The second kappa shape index (κ2) is 14.6. The summed E-state index contributed by atoms with van der Waals surface area (Å²) in [5.74, 6) is -1.78. The predicted molar refractivity (Wildman–Crippen MR) is 151 cm³/mol. The molecule has 0 fully saturated rings. The van der Waals surface area contributed by atoms with Gasteiger partial charge in [0.1, 0.15) is 11.6 Å². The third-order valence-electron chi connectivity index (χ3n) is 6.87. The zero-order valence-corrected chi connectivity index (χ0v) is 24.0. The number of halogens is 5. The molecule has 0 aliphatic heterocycles. The van der Waals surface area contributed by atoms with E-state index in [4.69, 9.17) is 4.74 Å². The predicted octanol–water partition coefficient (Wildman–Crippen LogP) is 9.15. The molecule has 0 aliphatic carbocycles. The molecule has 0 heterocycles. The molecule has 0 bridgehead atoms. The van der Waals surface area contributed by atoms with Crippen LogP contribution in [0.3, 0.4) is 0 Å². The summed E-state index contributed by atoms with van der Waals surface area (Å²) in [7, 11) is 0. The molecule has 0 saturated carbocycles. The van der Waals surface area contributed by atoms with E-state index in [0.717, 1.165) is 42.2 Å². The van der Waals surface area contributed by atoms with Gasteiger partial charge in [0.05, 0.1) is 18.1 Å². The number of nitrogens with zero attached hydrogens (tertiary/aromatic N) is 1. The van der Waals surface area contributed by atoms with Crippen LogP contribution in [0.1, 0.15) is 75.1 Å². The lowest BCUT2D eigenvalue weighted by molar-refractivity contribution is -0.145. The first-order chi connectivity index (χ1) is 19.4. The van der Waals surface area contributed by atoms with Gasteiger partial charge in [-0.3, -0.25) is 9.69 Å². The maximum absolute atomic E-state index is 13.9. The minimum absolute atomic E-state index is 0.234. The number of esters is 1. The molecule has 3 aromatic carbocycles. The van der Waals surface area contributed by atoms with E-state index >= 15 is 0 Å². The average molecular weight is 576 g/mol. The lowest BCUT2D eigenvalue weighted by atomic mass is 9.89. The highest BCUT2D eigenvalue weighted by Gasteiger charge is 2.30. The van der Waals surface area contributed by atoms with E-state index in [0.29, 0.717) is 48.7 Å². The van der Waals surface area contributed by atoms with E-state index in [1.54, 1.807) is 6.92 Å². The largest absolute Gasteiger partial charge is 0.466 e. The van der Waals surface area contributed by atoms with Crippen molar-refractivity contribution in [2.45, 2.75) is 72.1 Å². The highest BCUT2D eigenvalue weighted by molar-refractivity contribution is 5.79. The van der Waals surface area contributed by atoms with Crippen LogP contribution in [0.2, 0.25) is 0 Å². The quantitative estimate of drug-likeness (QED) is 0.150. The van der Waals surface area contributed by atoms with Gasteiger partial charge in [-0.1, -0.05) is 51.5 Å². The number of carbonyl (C=O) groups is 1. The Labute approximate surface area is 239 Å². The third kappa shape index (κ3) is 9.66. The van der Waals surface area contributed by atoms with Gasteiger partial charge in [-0.25, -0.2) is 8.78 Å². The van der Waals surface area contributed by atoms with Crippen molar-refractivity contribution < 1.29 is 31.5 Å². The summed E-state index contributed by atoms with van der Waals surface area (Å²) < 4.78 is 72.8. The van der Waals surface area contributed by atoms with Gasteiger partial charge in [-0.2, -0.15) is 13.2 Å². The van der Waals surface area contributed by atoms with E-state index in [2.05, 4.69) is 18.7 Å². The molecule has 0 saturated heterocycles. The van der Waals surface area contributed by atoms with Crippen molar-refractivity contribution in [3.05, 3.63) is 94.6 Å². The molecule has 0 aliphatic rings. The number of hydrogen-bond donors (Lipinski definition) is 0. The Balaban J connectivity index is 2.06. The van der Waals surface area contributed by atoms with Gasteiger partial charge in [0.15, 0.2) is 0 Å². The summed E-state index contributed by atoms with van der Waals surface area (Å²) in [6.07, 6.45) is -2.32. The van der Waals surface area contributed by atoms with Crippen LogP contribution in [0.4, 0.5) is 22.0 Å². The van der Waals surface area contributed by atoms with E-state index in [1.807, 2.05) is 25.1 Å². The molecule has 0 aromatic heterocycles. The Morgan fingerprint density at radius 3 is 1.98 bits per heavy atom. The molecule has 222 valence electrons. The van der Waals surface area contributed by atoms with Gasteiger partial charge >= 0.3 is 12.1 Å². The monoisotopic (exact) mass is 575 g/mol. The zero-order valence-electron chi connectivity index (χ0n) is 24.0. The maximum atomic E-state index is 13.9. The van der Waals surface area contributed by atoms with E-state index < -0.39 is 29.3 Å². The van der Waals surface area contributed by atoms with Crippen LogP contribution in [0.15, 0.2) is 60.7 Å². The van der Waals surface area contributed by atoms with Crippen molar-refractivity contribution >= 4 is 5.97 Å². The molecule has 0 radical (unpaired) electrons. The second-order valence-electron chi connectivity index (χ2n) is 10.8. The highest BCUT2D eigenvalue weighted by Crippen LogP contribution is 2.34. The number of ether oxygens (including phenoxy) is 1. The molecule has 8 heteroatoms. The zero-order chi connectivity index (χ0) is 30.2. The Kier molecular flexibility index (Phi) is 11.5. The molecular weight excluding hydrogens is 537 g/mol. The van der Waals surface area contributed by atoms with E-state index in [1.165, 1.54) is 24.3 Å².